The Bertz CT molecular complexity index is 460. The van der Waals surface area contributed by atoms with Gasteiger partial charge in [0.15, 0.2) is 0 Å². The maximum absolute atomic E-state index is 5.94. The SMILES string of the molecule is C=C[C@@H](N)c1cccc2ccccc12.Cl. The molecule has 2 N–H and O–H groups in total. The summed E-state index contributed by atoms with van der Waals surface area (Å²) in [5.74, 6) is 0. The number of hydrogen-bond donors (Lipinski definition) is 1. The molecule has 0 saturated heterocycles. The van der Waals surface area contributed by atoms with E-state index < -0.39 is 0 Å². The van der Waals surface area contributed by atoms with Crippen molar-refractivity contribution < 1.29 is 0 Å². The molecule has 0 heterocycles. The van der Waals surface area contributed by atoms with E-state index in [9.17, 15) is 0 Å². The Labute approximate surface area is 96.0 Å². The lowest BCUT2D eigenvalue weighted by Gasteiger charge is -2.10. The van der Waals surface area contributed by atoms with Crippen LogP contribution in [-0.2, 0) is 0 Å². The van der Waals surface area contributed by atoms with Gasteiger partial charge in [0.1, 0.15) is 0 Å². The molecule has 0 bridgehead atoms. The molecule has 0 amide bonds. The number of fused-ring (bicyclic) bond motifs is 1. The molecule has 2 heteroatoms. The Morgan fingerprint density at radius 3 is 2.47 bits per heavy atom. The van der Waals surface area contributed by atoms with Gasteiger partial charge in [0, 0.05) is 6.04 Å². The Morgan fingerprint density at radius 2 is 1.73 bits per heavy atom. The van der Waals surface area contributed by atoms with Crippen LogP contribution in [0.1, 0.15) is 11.6 Å². The summed E-state index contributed by atoms with van der Waals surface area (Å²) in [4.78, 5) is 0. The van der Waals surface area contributed by atoms with E-state index in [-0.39, 0.29) is 18.4 Å². The predicted molar refractivity (Wildman–Crippen MR) is 68.3 cm³/mol. The van der Waals surface area contributed by atoms with Crippen LogP contribution in [0.4, 0.5) is 0 Å². The molecule has 0 spiro atoms. The molecule has 0 radical (unpaired) electrons. The van der Waals surface area contributed by atoms with Gasteiger partial charge < -0.3 is 5.73 Å². The van der Waals surface area contributed by atoms with Crippen LogP contribution < -0.4 is 5.73 Å². The van der Waals surface area contributed by atoms with E-state index in [4.69, 9.17) is 5.73 Å². The van der Waals surface area contributed by atoms with Crippen molar-refractivity contribution in [3.63, 3.8) is 0 Å². The summed E-state index contributed by atoms with van der Waals surface area (Å²) in [6.07, 6.45) is 1.77. The van der Waals surface area contributed by atoms with Gasteiger partial charge in [0.2, 0.25) is 0 Å². The van der Waals surface area contributed by atoms with Crippen molar-refractivity contribution in [2.45, 2.75) is 6.04 Å². The Balaban J connectivity index is 0.00000112. The molecule has 0 saturated carbocycles. The van der Waals surface area contributed by atoms with Crippen LogP contribution in [0.25, 0.3) is 10.8 Å². The highest BCUT2D eigenvalue weighted by molar-refractivity contribution is 5.86. The Morgan fingerprint density at radius 1 is 1.07 bits per heavy atom. The molecule has 78 valence electrons. The third-order valence-electron chi connectivity index (χ3n) is 2.44. The van der Waals surface area contributed by atoms with Crippen LogP contribution >= 0.6 is 12.4 Å². The third-order valence-corrected chi connectivity index (χ3v) is 2.44. The summed E-state index contributed by atoms with van der Waals surface area (Å²) in [6, 6.07) is 14.3. The fourth-order valence-electron chi connectivity index (χ4n) is 1.67. The maximum atomic E-state index is 5.94. The molecule has 0 aliphatic carbocycles. The second-order valence-electron chi connectivity index (χ2n) is 3.33. The van der Waals surface area contributed by atoms with Crippen LogP contribution in [-0.4, -0.2) is 0 Å². The van der Waals surface area contributed by atoms with Crippen molar-refractivity contribution in [2.24, 2.45) is 5.73 Å². The van der Waals surface area contributed by atoms with E-state index in [1.165, 1.54) is 10.8 Å². The third kappa shape index (κ3) is 2.20. The van der Waals surface area contributed by atoms with Gasteiger partial charge in [0.25, 0.3) is 0 Å². The first-order valence-corrected chi connectivity index (χ1v) is 4.68. The van der Waals surface area contributed by atoms with Crippen molar-refractivity contribution in [1.29, 1.82) is 0 Å². The minimum atomic E-state index is -0.0823. The minimum absolute atomic E-state index is 0. The summed E-state index contributed by atoms with van der Waals surface area (Å²) in [7, 11) is 0. The van der Waals surface area contributed by atoms with Crippen LogP contribution in [0.15, 0.2) is 55.1 Å². The Hall–Kier alpha value is -1.31. The van der Waals surface area contributed by atoms with Crippen molar-refractivity contribution in [3.05, 3.63) is 60.7 Å². The van der Waals surface area contributed by atoms with Gasteiger partial charge in [-0.2, -0.15) is 0 Å². The van der Waals surface area contributed by atoms with E-state index in [1.54, 1.807) is 6.08 Å². The van der Waals surface area contributed by atoms with Crippen molar-refractivity contribution in [2.75, 3.05) is 0 Å². The summed E-state index contributed by atoms with van der Waals surface area (Å²) in [5.41, 5.74) is 7.08. The molecule has 2 aromatic carbocycles. The summed E-state index contributed by atoms with van der Waals surface area (Å²) in [5, 5.41) is 2.43. The molecule has 0 aliphatic rings. The highest BCUT2D eigenvalue weighted by Gasteiger charge is 2.04. The zero-order valence-corrected chi connectivity index (χ0v) is 9.21. The van der Waals surface area contributed by atoms with Gasteiger partial charge in [-0.05, 0) is 16.3 Å². The average molecular weight is 220 g/mol. The maximum Gasteiger partial charge on any atom is 0.0484 e. The fraction of sp³-hybridized carbons (Fsp3) is 0.0769. The largest absolute Gasteiger partial charge is 0.321 e. The van der Waals surface area contributed by atoms with E-state index in [2.05, 4.69) is 30.8 Å². The molecule has 1 nitrogen and oxygen atoms in total. The van der Waals surface area contributed by atoms with Gasteiger partial charge in [-0.25, -0.2) is 0 Å². The highest BCUT2D eigenvalue weighted by Crippen LogP contribution is 2.23. The van der Waals surface area contributed by atoms with Gasteiger partial charge in [-0.15, -0.1) is 19.0 Å². The van der Waals surface area contributed by atoms with E-state index in [0.717, 1.165) is 5.56 Å². The first kappa shape index (κ1) is 11.8. The summed E-state index contributed by atoms with van der Waals surface area (Å²) >= 11 is 0. The normalized spacial score (nSPS) is 11.8. The summed E-state index contributed by atoms with van der Waals surface area (Å²) < 4.78 is 0. The first-order chi connectivity index (χ1) is 6.83. The van der Waals surface area contributed by atoms with E-state index >= 15 is 0 Å². The quantitative estimate of drug-likeness (QED) is 0.770. The monoisotopic (exact) mass is 219 g/mol. The molecular weight excluding hydrogens is 206 g/mol. The number of benzene rings is 2. The molecule has 0 aromatic heterocycles. The smallest absolute Gasteiger partial charge is 0.0484 e. The molecule has 2 rings (SSSR count). The molecule has 0 unspecified atom stereocenters. The van der Waals surface area contributed by atoms with Crippen molar-refractivity contribution in [3.8, 4) is 0 Å². The number of rotatable bonds is 2. The van der Waals surface area contributed by atoms with Crippen LogP contribution in [0.2, 0.25) is 0 Å². The lowest BCUT2D eigenvalue weighted by atomic mass is 9.99. The number of hydrogen-bond acceptors (Lipinski definition) is 1. The molecular formula is C13H14ClN. The summed E-state index contributed by atoms with van der Waals surface area (Å²) in [6.45, 7) is 3.72. The van der Waals surface area contributed by atoms with Crippen LogP contribution in [0.3, 0.4) is 0 Å². The fourth-order valence-corrected chi connectivity index (χ4v) is 1.67. The van der Waals surface area contributed by atoms with Gasteiger partial charge >= 0.3 is 0 Å². The second kappa shape index (κ2) is 4.96. The molecule has 1 atom stereocenters. The van der Waals surface area contributed by atoms with Gasteiger partial charge in [0.05, 0.1) is 0 Å². The average Bonchev–Trinajstić information content (AvgIpc) is 2.27. The first-order valence-electron chi connectivity index (χ1n) is 4.68. The van der Waals surface area contributed by atoms with Gasteiger partial charge in [-0.3, -0.25) is 0 Å². The number of halogens is 1. The standard InChI is InChI=1S/C13H13N.ClH/c1-2-13(14)12-9-5-7-10-6-3-4-8-11(10)12;/h2-9,13H,1,14H2;1H/t13-;/m1./s1. The molecule has 15 heavy (non-hydrogen) atoms. The van der Waals surface area contributed by atoms with Crippen molar-refractivity contribution >= 4 is 23.2 Å². The number of nitrogens with two attached hydrogens (primary N) is 1. The van der Waals surface area contributed by atoms with E-state index in [1.807, 2.05) is 18.2 Å². The highest BCUT2D eigenvalue weighted by atomic mass is 35.5. The van der Waals surface area contributed by atoms with Gasteiger partial charge in [-0.1, -0.05) is 48.5 Å². The van der Waals surface area contributed by atoms with Crippen LogP contribution in [0, 0.1) is 0 Å². The zero-order valence-electron chi connectivity index (χ0n) is 8.39. The zero-order chi connectivity index (χ0) is 9.97. The molecule has 0 fully saturated rings. The van der Waals surface area contributed by atoms with Crippen LogP contribution in [0.5, 0.6) is 0 Å². The van der Waals surface area contributed by atoms with Crippen molar-refractivity contribution in [1.82, 2.24) is 0 Å². The Kier molecular flexibility index (Phi) is 3.89. The lowest BCUT2D eigenvalue weighted by molar-refractivity contribution is 0.925. The molecule has 2 aromatic rings. The molecule has 0 aliphatic heterocycles. The predicted octanol–water partition coefficient (Wildman–Crippen LogP) is 3.45. The lowest BCUT2D eigenvalue weighted by Crippen LogP contribution is -2.06. The van der Waals surface area contributed by atoms with E-state index in [0.29, 0.717) is 0 Å². The topological polar surface area (TPSA) is 26.0 Å². The minimum Gasteiger partial charge on any atom is -0.321 e. The second-order valence-corrected chi connectivity index (χ2v) is 3.33.